The van der Waals surface area contributed by atoms with Crippen molar-refractivity contribution in [3.05, 3.63) is 71.4 Å². The van der Waals surface area contributed by atoms with Gasteiger partial charge >= 0.3 is 0 Å². The molecule has 4 rings (SSSR count). The van der Waals surface area contributed by atoms with Crippen molar-refractivity contribution in [2.75, 3.05) is 0 Å². The molecule has 0 spiro atoms. The molecule has 0 fully saturated rings. The maximum absolute atomic E-state index is 11.8. The summed E-state index contributed by atoms with van der Waals surface area (Å²) in [5.41, 5.74) is 1.52. The van der Waals surface area contributed by atoms with Crippen LogP contribution in [0.5, 0.6) is 0 Å². The van der Waals surface area contributed by atoms with E-state index >= 15 is 0 Å². The predicted octanol–water partition coefficient (Wildman–Crippen LogP) is 7.80. The topological polar surface area (TPSA) is 68.3 Å². The first-order valence-electron chi connectivity index (χ1n) is 8.72. The fraction of sp³-hybridized carbons (Fsp3) is 0. The molecule has 0 saturated carbocycles. The van der Waals surface area contributed by atoms with Crippen LogP contribution >= 0.6 is 65.6 Å². The van der Waals surface area contributed by atoms with Gasteiger partial charge in [0.1, 0.15) is 0 Å². The van der Waals surface area contributed by atoms with Gasteiger partial charge in [-0.05, 0) is 59.3 Å². The quantitative estimate of drug-likeness (QED) is 0.164. The summed E-state index contributed by atoms with van der Waals surface area (Å²) in [4.78, 5) is 3.61. The molecule has 0 saturated heterocycles. The number of halogens is 2. The second-order valence-electron chi connectivity index (χ2n) is 6.31. The highest BCUT2D eigenvalue weighted by molar-refractivity contribution is 8.76. The third-order valence-electron chi connectivity index (χ3n) is 4.26. The van der Waals surface area contributed by atoms with Crippen LogP contribution in [0.4, 0.5) is 0 Å². The van der Waals surface area contributed by atoms with Crippen molar-refractivity contribution < 1.29 is 16.8 Å². The fourth-order valence-corrected chi connectivity index (χ4v) is 8.36. The van der Waals surface area contributed by atoms with Gasteiger partial charge in [0.05, 0.1) is 9.79 Å². The molecule has 0 atom stereocenters. The van der Waals surface area contributed by atoms with E-state index in [-0.39, 0.29) is 9.79 Å². The van der Waals surface area contributed by atoms with Gasteiger partial charge in [0, 0.05) is 52.0 Å². The van der Waals surface area contributed by atoms with Crippen LogP contribution in [0.2, 0.25) is 0 Å². The number of thiophene rings is 2. The average Bonchev–Trinajstić information content (AvgIpc) is 3.44. The molecule has 4 aromatic rings. The zero-order valence-electron chi connectivity index (χ0n) is 15.8. The van der Waals surface area contributed by atoms with Crippen molar-refractivity contribution in [2.24, 2.45) is 0 Å². The van der Waals surface area contributed by atoms with Crippen molar-refractivity contribution in [1.29, 1.82) is 0 Å². The Bertz CT molecular complexity index is 1350. The molecule has 0 radical (unpaired) electrons. The molecule has 0 bridgehead atoms. The summed E-state index contributed by atoms with van der Waals surface area (Å²) in [5, 5.41) is 3.83. The second kappa shape index (κ2) is 9.71. The third-order valence-corrected chi connectivity index (χ3v) is 11.3. The largest absolute Gasteiger partial charge is 0.261 e. The van der Waals surface area contributed by atoms with Crippen molar-refractivity contribution >= 4 is 83.7 Å². The molecule has 0 aliphatic rings. The van der Waals surface area contributed by atoms with E-state index in [1.165, 1.54) is 56.4 Å². The van der Waals surface area contributed by atoms with Gasteiger partial charge in [0.25, 0.3) is 18.1 Å². The van der Waals surface area contributed by atoms with E-state index in [9.17, 15) is 16.8 Å². The van der Waals surface area contributed by atoms with E-state index < -0.39 is 18.1 Å². The standard InChI is InChI=1S/C20H12Cl2O4S6/c21-31(23,24)13-5-7-19(15(11-13)17-3-1-9-27-17)29-30-20-8-6-14(32(22,25)26)12-16(20)18-4-2-10-28-18/h1-12H. The molecule has 0 aliphatic carbocycles. The van der Waals surface area contributed by atoms with Crippen LogP contribution in [-0.2, 0) is 18.1 Å². The zero-order chi connectivity index (χ0) is 22.9. The summed E-state index contributed by atoms with van der Waals surface area (Å²) in [7, 11) is 6.28. The molecule has 0 N–H and O–H groups in total. The Morgan fingerprint density at radius 2 is 1.03 bits per heavy atom. The first-order valence-corrected chi connectivity index (χ1v) is 17.3. The Labute approximate surface area is 210 Å². The monoisotopic (exact) mass is 578 g/mol. The van der Waals surface area contributed by atoms with Gasteiger partial charge in [-0.25, -0.2) is 16.8 Å². The molecule has 166 valence electrons. The van der Waals surface area contributed by atoms with E-state index in [1.807, 2.05) is 35.0 Å². The highest BCUT2D eigenvalue weighted by Crippen LogP contribution is 2.47. The predicted molar refractivity (Wildman–Crippen MR) is 137 cm³/mol. The van der Waals surface area contributed by atoms with E-state index in [2.05, 4.69) is 0 Å². The molecule has 32 heavy (non-hydrogen) atoms. The highest BCUT2D eigenvalue weighted by Gasteiger charge is 2.18. The lowest BCUT2D eigenvalue weighted by Crippen LogP contribution is -1.92. The first-order chi connectivity index (χ1) is 15.1. The summed E-state index contributed by atoms with van der Waals surface area (Å²) in [6.07, 6.45) is 0. The highest BCUT2D eigenvalue weighted by atomic mass is 35.7. The summed E-state index contributed by atoms with van der Waals surface area (Å²) in [6, 6.07) is 17.2. The maximum Gasteiger partial charge on any atom is 0.261 e. The zero-order valence-corrected chi connectivity index (χ0v) is 22.2. The van der Waals surface area contributed by atoms with Crippen LogP contribution in [0.15, 0.2) is 91.0 Å². The summed E-state index contributed by atoms with van der Waals surface area (Å²) < 4.78 is 47.3. The molecule has 2 aromatic heterocycles. The Morgan fingerprint density at radius 3 is 1.34 bits per heavy atom. The van der Waals surface area contributed by atoms with Gasteiger partial charge in [-0.1, -0.05) is 33.7 Å². The summed E-state index contributed by atoms with van der Waals surface area (Å²) in [5.74, 6) is 0. The Balaban J connectivity index is 1.73. The van der Waals surface area contributed by atoms with Crippen molar-refractivity contribution in [3.63, 3.8) is 0 Å². The third kappa shape index (κ3) is 5.56. The number of hydrogen-bond acceptors (Lipinski definition) is 8. The first kappa shape index (κ1) is 24.2. The molecule has 0 unspecified atom stereocenters. The van der Waals surface area contributed by atoms with Gasteiger partial charge in [0.15, 0.2) is 0 Å². The fourth-order valence-electron chi connectivity index (χ4n) is 2.81. The molecule has 4 nitrogen and oxygen atoms in total. The van der Waals surface area contributed by atoms with Crippen LogP contribution in [0, 0.1) is 0 Å². The van der Waals surface area contributed by atoms with Crippen molar-refractivity contribution in [2.45, 2.75) is 19.6 Å². The van der Waals surface area contributed by atoms with Crippen LogP contribution in [0.3, 0.4) is 0 Å². The normalized spacial score (nSPS) is 12.2. The SMILES string of the molecule is O=S(=O)(Cl)c1ccc(SSc2ccc(S(=O)(=O)Cl)cc2-c2cccs2)c(-c2cccs2)c1. The van der Waals surface area contributed by atoms with Gasteiger partial charge in [-0.3, -0.25) is 0 Å². The van der Waals surface area contributed by atoms with Gasteiger partial charge in [0.2, 0.25) is 0 Å². The molecule has 2 heterocycles. The van der Waals surface area contributed by atoms with Crippen LogP contribution in [-0.4, -0.2) is 16.8 Å². The molecule has 12 heteroatoms. The van der Waals surface area contributed by atoms with Crippen molar-refractivity contribution in [3.8, 4) is 20.9 Å². The molecule has 0 amide bonds. The lowest BCUT2D eigenvalue weighted by atomic mass is 10.2. The van der Waals surface area contributed by atoms with E-state index in [0.29, 0.717) is 0 Å². The minimum atomic E-state index is -3.86. The van der Waals surface area contributed by atoms with Gasteiger partial charge < -0.3 is 0 Å². The number of hydrogen-bond donors (Lipinski definition) is 0. The average molecular weight is 580 g/mol. The molecular weight excluding hydrogens is 568 g/mol. The molecule has 0 aliphatic heterocycles. The van der Waals surface area contributed by atoms with Crippen LogP contribution < -0.4 is 0 Å². The Kier molecular flexibility index (Phi) is 7.33. The van der Waals surface area contributed by atoms with E-state index in [4.69, 9.17) is 21.4 Å². The van der Waals surface area contributed by atoms with Crippen LogP contribution in [0.25, 0.3) is 20.9 Å². The number of rotatable bonds is 7. The Morgan fingerprint density at radius 1 is 0.625 bits per heavy atom. The molecule has 2 aromatic carbocycles. The van der Waals surface area contributed by atoms with Gasteiger partial charge in [-0.15, -0.1) is 22.7 Å². The second-order valence-corrected chi connectivity index (χ2v) is 15.6. The van der Waals surface area contributed by atoms with E-state index in [0.717, 1.165) is 30.7 Å². The van der Waals surface area contributed by atoms with Gasteiger partial charge in [-0.2, -0.15) is 0 Å². The van der Waals surface area contributed by atoms with E-state index in [1.54, 1.807) is 24.3 Å². The Hall–Kier alpha value is -0.980. The minimum absolute atomic E-state index is 0.0351. The van der Waals surface area contributed by atoms with Crippen LogP contribution in [0.1, 0.15) is 0 Å². The maximum atomic E-state index is 11.8. The summed E-state index contributed by atoms with van der Waals surface area (Å²) in [6.45, 7) is 0. The minimum Gasteiger partial charge on any atom is -0.207 e. The summed E-state index contributed by atoms with van der Waals surface area (Å²) >= 11 is 2.99. The molecular formula is C20H12Cl2O4S6. The smallest absolute Gasteiger partial charge is 0.207 e. The lowest BCUT2D eigenvalue weighted by Gasteiger charge is -2.12. The number of benzene rings is 2. The lowest BCUT2D eigenvalue weighted by molar-refractivity contribution is 0.608. The van der Waals surface area contributed by atoms with Crippen molar-refractivity contribution in [1.82, 2.24) is 0 Å².